The summed E-state index contributed by atoms with van der Waals surface area (Å²) in [6, 6.07) is -0.907. The number of thioether (sulfide) groups is 1. The number of carboxylic acids is 1. The van der Waals surface area contributed by atoms with E-state index in [4.69, 9.17) is 5.11 Å². The van der Waals surface area contributed by atoms with Crippen molar-refractivity contribution in [2.45, 2.75) is 63.7 Å². The molecule has 3 amide bonds. The molecule has 1 aliphatic heterocycles. The van der Waals surface area contributed by atoms with Crippen LogP contribution in [-0.2, 0) is 24.0 Å². The molecule has 0 aromatic carbocycles. The maximum Gasteiger partial charge on any atom is 0.326 e. The van der Waals surface area contributed by atoms with Crippen LogP contribution in [0, 0.1) is 0 Å². The topological polar surface area (TPSA) is 112 Å². The van der Waals surface area contributed by atoms with Gasteiger partial charge < -0.3 is 14.8 Å². The van der Waals surface area contributed by atoms with Crippen molar-refractivity contribution in [1.29, 1.82) is 0 Å². The fourth-order valence-electron chi connectivity index (χ4n) is 2.69. The number of likely N-dealkylation sites (N-methyl/N-ethyl adjacent to an activating group) is 1. The summed E-state index contributed by atoms with van der Waals surface area (Å²) in [6.45, 7) is 3.34. The zero-order chi connectivity index (χ0) is 20.6. The number of aliphatic carboxylic acids is 1. The SMILES string of the molecule is CC(=O)CCCCCN1C(=O)CC(SCCC(=O)N(C)[C@@H](C)C(=O)O)C1=O. The van der Waals surface area contributed by atoms with E-state index >= 15 is 0 Å². The normalized spacial score (nSPS) is 17.9. The smallest absolute Gasteiger partial charge is 0.326 e. The highest BCUT2D eigenvalue weighted by molar-refractivity contribution is 8.00. The van der Waals surface area contributed by atoms with Crippen molar-refractivity contribution in [2.24, 2.45) is 0 Å². The standard InChI is InChI=1S/C18H28N2O6S/c1-12(21)7-5-4-6-9-20-16(23)11-14(17(20)24)27-10-8-15(22)19(3)13(2)18(25)26/h13-14H,4-11H2,1-3H3,(H,25,26)/t13-,14?/m0/s1. The van der Waals surface area contributed by atoms with Gasteiger partial charge in [0, 0.05) is 38.6 Å². The number of imide groups is 1. The Hall–Kier alpha value is -1.90. The van der Waals surface area contributed by atoms with Crippen LogP contribution in [0.1, 0.15) is 52.4 Å². The molecule has 1 rings (SSSR count). The Morgan fingerprint density at radius 1 is 1.22 bits per heavy atom. The van der Waals surface area contributed by atoms with Gasteiger partial charge in [-0.1, -0.05) is 6.42 Å². The van der Waals surface area contributed by atoms with E-state index in [0.29, 0.717) is 25.1 Å². The minimum Gasteiger partial charge on any atom is -0.480 e. The summed E-state index contributed by atoms with van der Waals surface area (Å²) in [6.07, 6.45) is 2.99. The minimum absolute atomic E-state index is 0.113. The lowest BCUT2D eigenvalue weighted by molar-refractivity contribution is -0.148. The molecule has 1 heterocycles. The van der Waals surface area contributed by atoms with Gasteiger partial charge in [0.05, 0.1) is 5.25 Å². The molecule has 0 aliphatic carbocycles. The summed E-state index contributed by atoms with van der Waals surface area (Å²) < 4.78 is 0. The lowest BCUT2D eigenvalue weighted by Crippen LogP contribution is -2.40. The minimum atomic E-state index is -1.07. The second kappa shape index (κ2) is 11.1. The molecule has 0 aromatic heterocycles. The van der Waals surface area contributed by atoms with Gasteiger partial charge in [0.25, 0.3) is 0 Å². The third kappa shape index (κ3) is 7.32. The summed E-state index contributed by atoms with van der Waals surface area (Å²) in [5.41, 5.74) is 0. The molecule has 0 aromatic rings. The highest BCUT2D eigenvalue weighted by Crippen LogP contribution is 2.26. The van der Waals surface area contributed by atoms with Crippen LogP contribution >= 0.6 is 11.8 Å². The van der Waals surface area contributed by atoms with Gasteiger partial charge in [0.1, 0.15) is 11.8 Å². The molecule has 2 atom stereocenters. The maximum absolute atomic E-state index is 12.4. The lowest BCUT2D eigenvalue weighted by atomic mass is 10.1. The Morgan fingerprint density at radius 3 is 2.48 bits per heavy atom. The number of carboxylic acid groups (broad SMARTS) is 1. The lowest BCUT2D eigenvalue weighted by Gasteiger charge is -2.21. The molecule has 8 nitrogen and oxygen atoms in total. The molecule has 9 heteroatoms. The van der Waals surface area contributed by atoms with Crippen LogP contribution in [0.4, 0.5) is 0 Å². The van der Waals surface area contributed by atoms with Crippen LogP contribution in [0.15, 0.2) is 0 Å². The van der Waals surface area contributed by atoms with Gasteiger partial charge in [-0.15, -0.1) is 11.8 Å². The number of hydrogen-bond donors (Lipinski definition) is 1. The van der Waals surface area contributed by atoms with Crippen molar-refractivity contribution < 1.29 is 29.1 Å². The second-order valence-corrected chi connectivity index (χ2v) is 8.04. The summed E-state index contributed by atoms with van der Waals surface area (Å²) in [7, 11) is 1.43. The number of likely N-dealkylation sites (tertiary alicyclic amines) is 1. The maximum atomic E-state index is 12.4. The molecular formula is C18H28N2O6S. The zero-order valence-electron chi connectivity index (χ0n) is 16.1. The molecule has 0 spiro atoms. The van der Waals surface area contributed by atoms with E-state index in [-0.39, 0.29) is 36.3 Å². The summed E-state index contributed by atoms with van der Waals surface area (Å²) in [5.74, 6) is -1.32. The van der Waals surface area contributed by atoms with E-state index in [9.17, 15) is 24.0 Å². The van der Waals surface area contributed by atoms with Gasteiger partial charge in [-0.2, -0.15) is 0 Å². The number of carbonyl (C=O) groups is 5. The summed E-state index contributed by atoms with van der Waals surface area (Å²) in [4.78, 5) is 60.6. The fraction of sp³-hybridized carbons (Fsp3) is 0.722. The second-order valence-electron chi connectivity index (χ2n) is 6.73. The summed E-state index contributed by atoms with van der Waals surface area (Å²) in [5, 5.41) is 8.44. The van der Waals surface area contributed by atoms with Crippen LogP contribution in [0.3, 0.4) is 0 Å². The zero-order valence-corrected chi connectivity index (χ0v) is 16.9. The number of nitrogens with zero attached hydrogens (tertiary/aromatic N) is 2. The van der Waals surface area contributed by atoms with Gasteiger partial charge in [-0.05, 0) is 26.7 Å². The van der Waals surface area contributed by atoms with E-state index < -0.39 is 17.3 Å². The fourth-order valence-corrected chi connectivity index (χ4v) is 3.79. The number of rotatable bonds is 12. The van der Waals surface area contributed by atoms with E-state index in [2.05, 4.69) is 0 Å². The third-order valence-electron chi connectivity index (χ3n) is 4.58. The molecule has 152 valence electrons. The van der Waals surface area contributed by atoms with Gasteiger partial charge in [0.15, 0.2) is 0 Å². The van der Waals surface area contributed by atoms with Gasteiger partial charge in [-0.3, -0.25) is 19.3 Å². The molecule has 1 N–H and O–H groups in total. The molecule has 27 heavy (non-hydrogen) atoms. The molecule has 1 unspecified atom stereocenters. The molecule has 0 radical (unpaired) electrons. The highest BCUT2D eigenvalue weighted by Gasteiger charge is 2.38. The first-order valence-electron chi connectivity index (χ1n) is 9.08. The predicted molar refractivity (Wildman–Crippen MR) is 101 cm³/mol. The van der Waals surface area contributed by atoms with Crippen LogP contribution in [-0.4, -0.2) is 75.0 Å². The number of amides is 3. The molecule has 1 saturated heterocycles. The van der Waals surface area contributed by atoms with Crippen molar-refractivity contribution in [3.63, 3.8) is 0 Å². The highest BCUT2D eigenvalue weighted by atomic mass is 32.2. The van der Waals surface area contributed by atoms with Crippen LogP contribution in [0.25, 0.3) is 0 Å². The Labute approximate surface area is 163 Å². The first kappa shape index (κ1) is 23.1. The number of carbonyl (C=O) groups excluding carboxylic acids is 4. The molecule has 1 fully saturated rings. The van der Waals surface area contributed by atoms with Gasteiger partial charge >= 0.3 is 5.97 Å². The largest absolute Gasteiger partial charge is 0.480 e. The van der Waals surface area contributed by atoms with Crippen molar-refractivity contribution in [2.75, 3.05) is 19.3 Å². The number of Topliss-reactive ketones (excluding diaryl/α,β-unsaturated/α-hetero) is 1. The molecule has 1 aliphatic rings. The molecule has 0 saturated carbocycles. The third-order valence-corrected chi connectivity index (χ3v) is 5.79. The number of hydrogen-bond acceptors (Lipinski definition) is 6. The summed E-state index contributed by atoms with van der Waals surface area (Å²) >= 11 is 1.26. The Morgan fingerprint density at radius 2 is 1.89 bits per heavy atom. The predicted octanol–water partition coefficient (Wildman–Crippen LogP) is 1.32. The van der Waals surface area contributed by atoms with Crippen LogP contribution < -0.4 is 0 Å². The Kier molecular flexibility index (Phi) is 9.48. The van der Waals surface area contributed by atoms with E-state index in [1.165, 1.54) is 30.6 Å². The molecule has 0 bridgehead atoms. The average molecular weight is 400 g/mol. The number of unbranched alkanes of at least 4 members (excludes halogenated alkanes) is 2. The van der Waals surface area contributed by atoms with Crippen molar-refractivity contribution in [3.8, 4) is 0 Å². The van der Waals surface area contributed by atoms with E-state index in [1.54, 1.807) is 6.92 Å². The van der Waals surface area contributed by atoms with Crippen molar-refractivity contribution in [3.05, 3.63) is 0 Å². The van der Waals surface area contributed by atoms with Crippen molar-refractivity contribution >= 4 is 41.2 Å². The van der Waals surface area contributed by atoms with Crippen LogP contribution in [0.2, 0.25) is 0 Å². The quantitative estimate of drug-likeness (QED) is 0.388. The molecular weight excluding hydrogens is 372 g/mol. The first-order valence-corrected chi connectivity index (χ1v) is 10.1. The Bertz CT molecular complexity index is 594. The monoisotopic (exact) mass is 400 g/mol. The van der Waals surface area contributed by atoms with Gasteiger partial charge in [-0.25, -0.2) is 4.79 Å². The van der Waals surface area contributed by atoms with Crippen LogP contribution in [0.5, 0.6) is 0 Å². The average Bonchev–Trinajstić information content (AvgIpc) is 2.86. The number of ketones is 1. The van der Waals surface area contributed by atoms with Gasteiger partial charge in [0.2, 0.25) is 17.7 Å². The van der Waals surface area contributed by atoms with E-state index in [1.807, 2.05) is 0 Å². The Balaban J connectivity index is 2.35. The van der Waals surface area contributed by atoms with Crippen molar-refractivity contribution in [1.82, 2.24) is 9.80 Å². The van der Waals surface area contributed by atoms with E-state index in [0.717, 1.165) is 17.7 Å². The first-order chi connectivity index (χ1) is 12.6.